The molecular weight excluding hydrogens is 392 g/mol. The average Bonchev–Trinajstić information content (AvgIpc) is 3.09. The standard InChI is InChI=1S/C20H24N4O4S/c1-14-17-18(15(2)24(14)16-7-5-4-6-8-16)20(26)23(19(17)25)13-21-9-11-22(12-10-21)29(3,27)28/h4-8H,9-13H2,1-3H3. The van der Waals surface area contributed by atoms with E-state index in [9.17, 15) is 18.0 Å². The Labute approximate surface area is 170 Å². The molecule has 2 aliphatic heterocycles. The van der Waals surface area contributed by atoms with Crippen molar-refractivity contribution >= 4 is 21.8 Å². The topological polar surface area (TPSA) is 82.9 Å². The molecule has 1 aromatic heterocycles. The lowest BCUT2D eigenvalue weighted by atomic mass is 10.1. The van der Waals surface area contributed by atoms with E-state index in [0.717, 1.165) is 17.1 Å². The van der Waals surface area contributed by atoms with Gasteiger partial charge in [-0.3, -0.25) is 19.4 Å². The van der Waals surface area contributed by atoms with Gasteiger partial charge >= 0.3 is 0 Å². The van der Waals surface area contributed by atoms with Crippen LogP contribution in [0, 0.1) is 13.8 Å². The molecule has 29 heavy (non-hydrogen) atoms. The fourth-order valence-corrected chi connectivity index (χ4v) is 5.04. The van der Waals surface area contributed by atoms with Crippen LogP contribution in [0.4, 0.5) is 0 Å². The van der Waals surface area contributed by atoms with E-state index in [2.05, 4.69) is 0 Å². The molecule has 2 aliphatic rings. The highest BCUT2D eigenvalue weighted by atomic mass is 32.2. The number of carbonyl (C=O) groups excluding carboxylic acids is 2. The van der Waals surface area contributed by atoms with E-state index in [1.807, 2.05) is 53.6 Å². The van der Waals surface area contributed by atoms with Crippen molar-refractivity contribution < 1.29 is 18.0 Å². The summed E-state index contributed by atoms with van der Waals surface area (Å²) in [5.41, 5.74) is 3.36. The Morgan fingerprint density at radius 2 is 1.38 bits per heavy atom. The second kappa shape index (κ2) is 7.08. The maximum Gasteiger partial charge on any atom is 0.264 e. The first-order valence-corrected chi connectivity index (χ1v) is 11.4. The number of aromatic nitrogens is 1. The Morgan fingerprint density at radius 1 is 0.862 bits per heavy atom. The summed E-state index contributed by atoms with van der Waals surface area (Å²) >= 11 is 0. The smallest absolute Gasteiger partial charge is 0.264 e. The van der Waals surface area contributed by atoms with Gasteiger partial charge in [0, 0.05) is 43.3 Å². The molecule has 2 amide bonds. The van der Waals surface area contributed by atoms with Crippen LogP contribution in [0.1, 0.15) is 32.1 Å². The number of benzene rings is 1. The summed E-state index contributed by atoms with van der Waals surface area (Å²) in [4.78, 5) is 29.4. The molecule has 0 N–H and O–H groups in total. The molecule has 3 heterocycles. The predicted octanol–water partition coefficient (Wildman–Crippen LogP) is 1.22. The Morgan fingerprint density at radius 3 is 1.86 bits per heavy atom. The molecule has 1 saturated heterocycles. The van der Waals surface area contributed by atoms with Crippen molar-refractivity contribution in [2.45, 2.75) is 13.8 Å². The third kappa shape index (κ3) is 3.29. The first-order valence-electron chi connectivity index (χ1n) is 9.51. The quantitative estimate of drug-likeness (QED) is 0.700. The number of carbonyl (C=O) groups is 2. The van der Waals surface area contributed by atoms with E-state index in [0.29, 0.717) is 37.3 Å². The molecule has 0 unspecified atom stereocenters. The fourth-order valence-electron chi connectivity index (χ4n) is 4.22. The number of para-hydroxylation sites is 1. The van der Waals surface area contributed by atoms with Crippen LogP contribution in [0.15, 0.2) is 30.3 Å². The van der Waals surface area contributed by atoms with Gasteiger partial charge in [0.2, 0.25) is 10.0 Å². The van der Waals surface area contributed by atoms with Gasteiger partial charge in [0.15, 0.2) is 0 Å². The summed E-state index contributed by atoms with van der Waals surface area (Å²) in [6, 6.07) is 9.66. The monoisotopic (exact) mass is 416 g/mol. The Balaban J connectivity index is 1.56. The highest BCUT2D eigenvalue weighted by molar-refractivity contribution is 7.88. The zero-order valence-corrected chi connectivity index (χ0v) is 17.6. The van der Waals surface area contributed by atoms with Gasteiger partial charge in [-0.1, -0.05) is 18.2 Å². The Bertz CT molecular complexity index is 1040. The number of sulfonamides is 1. The molecule has 0 spiro atoms. The van der Waals surface area contributed by atoms with Crippen LogP contribution < -0.4 is 0 Å². The number of fused-ring (bicyclic) bond motifs is 1. The molecule has 0 saturated carbocycles. The van der Waals surface area contributed by atoms with Gasteiger partial charge in [-0.15, -0.1) is 0 Å². The number of hydrogen-bond donors (Lipinski definition) is 0. The van der Waals surface area contributed by atoms with Gasteiger partial charge in [0.25, 0.3) is 11.8 Å². The molecule has 1 fully saturated rings. The summed E-state index contributed by atoms with van der Waals surface area (Å²) < 4.78 is 26.7. The molecular formula is C20H24N4O4S. The molecule has 154 valence electrons. The fraction of sp³-hybridized carbons (Fsp3) is 0.400. The minimum Gasteiger partial charge on any atom is -0.317 e. The molecule has 2 aromatic rings. The number of rotatable bonds is 4. The first kappa shape index (κ1) is 19.8. The van der Waals surface area contributed by atoms with Crippen molar-refractivity contribution in [3.8, 4) is 5.69 Å². The van der Waals surface area contributed by atoms with Gasteiger partial charge in [0.05, 0.1) is 24.1 Å². The van der Waals surface area contributed by atoms with E-state index in [-0.39, 0.29) is 18.5 Å². The van der Waals surface area contributed by atoms with Crippen LogP contribution in [0.2, 0.25) is 0 Å². The lowest BCUT2D eigenvalue weighted by Gasteiger charge is -2.34. The molecule has 4 rings (SSSR count). The van der Waals surface area contributed by atoms with E-state index >= 15 is 0 Å². The van der Waals surface area contributed by atoms with Gasteiger partial charge in [-0.2, -0.15) is 4.31 Å². The second-order valence-corrected chi connectivity index (χ2v) is 9.53. The van der Waals surface area contributed by atoms with E-state index in [4.69, 9.17) is 0 Å². The minimum atomic E-state index is -3.22. The van der Waals surface area contributed by atoms with E-state index in [1.54, 1.807) is 0 Å². The minimum absolute atomic E-state index is 0.175. The van der Waals surface area contributed by atoms with Gasteiger partial charge in [-0.05, 0) is 26.0 Å². The summed E-state index contributed by atoms with van der Waals surface area (Å²) in [5, 5.41) is 0. The van der Waals surface area contributed by atoms with E-state index < -0.39 is 10.0 Å². The lowest BCUT2D eigenvalue weighted by molar-refractivity contribution is 0.0499. The SMILES string of the molecule is Cc1c2c(c(C)n1-c1ccccc1)C(=O)N(CN1CCN(S(C)(=O)=O)CC1)C2=O. The summed E-state index contributed by atoms with van der Waals surface area (Å²) in [5.74, 6) is -0.573. The lowest BCUT2D eigenvalue weighted by Crippen LogP contribution is -2.52. The first-order chi connectivity index (χ1) is 13.7. The van der Waals surface area contributed by atoms with Gasteiger partial charge < -0.3 is 4.57 Å². The summed E-state index contributed by atoms with van der Waals surface area (Å²) in [7, 11) is -3.22. The molecule has 0 bridgehead atoms. The third-order valence-corrected chi connectivity index (χ3v) is 7.02. The second-order valence-electron chi connectivity index (χ2n) is 7.55. The van der Waals surface area contributed by atoms with Crippen LogP contribution >= 0.6 is 0 Å². The highest BCUT2D eigenvalue weighted by Gasteiger charge is 2.42. The Kier molecular flexibility index (Phi) is 4.84. The van der Waals surface area contributed by atoms with Crippen LogP contribution in [-0.2, 0) is 10.0 Å². The number of nitrogens with zero attached hydrogens (tertiary/aromatic N) is 4. The van der Waals surface area contributed by atoms with Crippen molar-refractivity contribution in [3.05, 3.63) is 52.8 Å². The van der Waals surface area contributed by atoms with Crippen molar-refractivity contribution in [1.29, 1.82) is 0 Å². The van der Waals surface area contributed by atoms with Crippen LogP contribution in [0.5, 0.6) is 0 Å². The summed E-state index contributed by atoms with van der Waals surface area (Å²) in [6.07, 6.45) is 1.19. The van der Waals surface area contributed by atoms with Crippen molar-refractivity contribution in [3.63, 3.8) is 0 Å². The zero-order chi connectivity index (χ0) is 20.9. The van der Waals surface area contributed by atoms with Crippen molar-refractivity contribution in [2.75, 3.05) is 39.1 Å². The van der Waals surface area contributed by atoms with Gasteiger partial charge in [-0.25, -0.2) is 8.42 Å². The number of imide groups is 1. The predicted molar refractivity (Wildman–Crippen MR) is 109 cm³/mol. The van der Waals surface area contributed by atoms with Crippen LogP contribution in [0.25, 0.3) is 5.69 Å². The Hall–Kier alpha value is -2.49. The highest BCUT2D eigenvalue weighted by Crippen LogP contribution is 2.33. The zero-order valence-electron chi connectivity index (χ0n) is 16.8. The molecule has 8 nitrogen and oxygen atoms in total. The molecule has 0 aliphatic carbocycles. The summed E-state index contributed by atoms with van der Waals surface area (Å²) in [6.45, 7) is 5.58. The number of hydrogen-bond acceptors (Lipinski definition) is 5. The van der Waals surface area contributed by atoms with Crippen molar-refractivity contribution in [1.82, 2.24) is 18.7 Å². The van der Waals surface area contributed by atoms with Gasteiger partial charge in [0.1, 0.15) is 0 Å². The van der Waals surface area contributed by atoms with E-state index in [1.165, 1.54) is 15.5 Å². The van der Waals surface area contributed by atoms with Crippen LogP contribution in [-0.4, -0.2) is 78.0 Å². The largest absolute Gasteiger partial charge is 0.317 e. The number of amides is 2. The van der Waals surface area contributed by atoms with Crippen molar-refractivity contribution in [2.24, 2.45) is 0 Å². The third-order valence-electron chi connectivity index (χ3n) is 5.72. The molecule has 9 heteroatoms. The average molecular weight is 417 g/mol. The van der Waals surface area contributed by atoms with Crippen LogP contribution in [0.3, 0.4) is 0 Å². The number of piperazine rings is 1. The molecule has 0 radical (unpaired) electrons. The molecule has 1 aromatic carbocycles. The molecule has 0 atom stereocenters. The maximum atomic E-state index is 13.1. The normalized spacial score (nSPS) is 18.5. The maximum absolute atomic E-state index is 13.1.